The van der Waals surface area contributed by atoms with Crippen molar-refractivity contribution in [3.05, 3.63) is 42.0 Å². The molecule has 1 aromatic rings. The smallest absolute Gasteiger partial charge is 0.0992 e. The summed E-state index contributed by atoms with van der Waals surface area (Å²) in [7, 11) is 1.98. The Morgan fingerprint density at radius 1 is 1.60 bits per heavy atom. The molecule has 2 nitrogen and oxygen atoms in total. The summed E-state index contributed by atoms with van der Waals surface area (Å²) in [4.78, 5) is 2.05. The fraction of sp³-hybridized carbons (Fsp3) is 0.250. The van der Waals surface area contributed by atoms with Crippen LogP contribution < -0.4 is 4.90 Å². The first kappa shape index (κ1) is 11.7. The van der Waals surface area contributed by atoms with Crippen LogP contribution in [0.4, 0.5) is 5.69 Å². The van der Waals surface area contributed by atoms with Crippen molar-refractivity contribution < 1.29 is 0 Å². The summed E-state index contributed by atoms with van der Waals surface area (Å²) >= 11 is 4.16. The van der Waals surface area contributed by atoms with Crippen molar-refractivity contribution >= 4 is 18.3 Å². The molecule has 0 aromatic heterocycles. The lowest BCUT2D eigenvalue weighted by molar-refractivity contribution is 0.989. The van der Waals surface area contributed by atoms with Gasteiger partial charge in [-0.1, -0.05) is 12.6 Å². The maximum Gasteiger partial charge on any atom is 0.0992 e. The SMILES string of the molecule is C=C(CS)CN(C)c1cccc(C#N)c1. The molecule has 0 bridgehead atoms. The standard InChI is InChI=1S/C12H14N2S/c1-10(9-15)8-14(2)12-5-3-4-11(6-12)7-13/h3-6,15H,1,8-9H2,2H3. The lowest BCUT2D eigenvalue weighted by Crippen LogP contribution is -2.20. The summed E-state index contributed by atoms with van der Waals surface area (Å²) in [5.41, 5.74) is 2.76. The van der Waals surface area contributed by atoms with Crippen LogP contribution in [0.5, 0.6) is 0 Å². The van der Waals surface area contributed by atoms with E-state index in [0.29, 0.717) is 11.3 Å². The lowest BCUT2D eigenvalue weighted by Gasteiger charge is -2.20. The van der Waals surface area contributed by atoms with Gasteiger partial charge in [-0.05, 0) is 23.8 Å². The largest absolute Gasteiger partial charge is 0.371 e. The molecule has 0 saturated heterocycles. The van der Waals surface area contributed by atoms with Crippen LogP contribution in [0.25, 0.3) is 0 Å². The molecular weight excluding hydrogens is 204 g/mol. The summed E-state index contributed by atoms with van der Waals surface area (Å²) < 4.78 is 0. The van der Waals surface area contributed by atoms with Gasteiger partial charge in [-0.25, -0.2) is 0 Å². The summed E-state index contributed by atoms with van der Waals surface area (Å²) in [5, 5.41) is 8.77. The van der Waals surface area contributed by atoms with Gasteiger partial charge in [0.25, 0.3) is 0 Å². The number of thiol groups is 1. The topological polar surface area (TPSA) is 27.0 Å². The van der Waals surface area contributed by atoms with Gasteiger partial charge in [0, 0.05) is 25.0 Å². The predicted octanol–water partition coefficient (Wildman–Crippen LogP) is 2.48. The molecule has 0 N–H and O–H groups in total. The molecule has 0 saturated carbocycles. The van der Waals surface area contributed by atoms with Gasteiger partial charge in [0.05, 0.1) is 11.6 Å². The second kappa shape index (κ2) is 5.47. The Morgan fingerprint density at radius 2 is 2.33 bits per heavy atom. The molecular formula is C12H14N2S. The van der Waals surface area contributed by atoms with Crippen LogP contribution in [0, 0.1) is 11.3 Å². The molecule has 3 heteroatoms. The summed E-state index contributed by atoms with van der Waals surface area (Å²) in [5.74, 6) is 0.683. The Labute approximate surface area is 96.2 Å². The molecule has 0 fully saturated rings. The zero-order valence-electron chi connectivity index (χ0n) is 8.77. The third kappa shape index (κ3) is 3.34. The molecule has 0 atom stereocenters. The molecule has 0 amide bonds. The van der Waals surface area contributed by atoms with Crippen molar-refractivity contribution in [1.82, 2.24) is 0 Å². The zero-order valence-corrected chi connectivity index (χ0v) is 9.67. The van der Waals surface area contributed by atoms with Gasteiger partial charge in [-0.2, -0.15) is 17.9 Å². The van der Waals surface area contributed by atoms with Gasteiger partial charge in [0.2, 0.25) is 0 Å². The molecule has 1 rings (SSSR count). The molecule has 78 valence electrons. The predicted molar refractivity (Wildman–Crippen MR) is 67.4 cm³/mol. The Kier molecular flexibility index (Phi) is 4.26. The molecule has 0 heterocycles. The van der Waals surface area contributed by atoms with Crippen LogP contribution in [0.3, 0.4) is 0 Å². The molecule has 0 radical (unpaired) electrons. The van der Waals surface area contributed by atoms with Crippen molar-refractivity contribution in [2.75, 3.05) is 24.2 Å². The van der Waals surface area contributed by atoms with Crippen molar-refractivity contribution in [1.29, 1.82) is 5.26 Å². The van der Waals surface area contributed by atoms with Gasteiger partial charge in [-0.15, -0.1) is 0 Å². The van der Waals surface area contributed by atoms with Gasteiger partial charge < -0.3 is 4.90 Å². The minimum atomic E-state index is 0.677. The number of benzene rings is 1. The minimum Gasteiger partial charge on any atom is -0.371 e. The molecule has 1 aromatic carbocycles. The summed E-state index contributed by atoms with van der Waals surface area (Å²) in [6.07, 6.45) is 0. The first-order valence-corrected chi connectivity index (χ1v) is 5.29. The van der Waals surface area contributed by atoms with E-state index < -0.39 is 0 Å². The monoisotopic (exact) mass is 218 g/mol. The van der Waals surface area contributed by atoms with Gasteiger partial charge >= 0.3 is 0 Å². The van der Waals surface area contributed by atoms with Crippen LogP contribution in [0.15, 0.2) is 36.4 Å². The summed E-state index contributed by atoms with van der Waals surface area (Å²) in [6.45, 7) is 4.66. The number of anilines is 1. The van der Waals surface area contributed by atoms with E-state index in [1.54, 1.807) is 6.07 Å². The second-order valence-corrected chi connectivity index (χ2v) is 3.74. The van der Waals surface area contributed by atoms with Crippen LogP contribution in [0.1, 0.15) is 5.56 Å². The number of rotatable bonds is 4. The van der Waals surface area contributed by atoms with Crippen LogP contribution in [-0.4, -0.2) is 19.3 Å². The Balaban J connectivity index is 2.78. The van der Waals surface area contributed by atoms with Crippen LogP contribution >= 0.6 is 12.6 Å². The third-order valence-electron chi connectivity index (χ3n) is 2.10. The van der Waals surface area contributed by atoms with E-state index in [9.17, 15) is 0 Å². The van der Waals surface area contributed by atoms with Gasteiger partial charge in [0.1, 0.15) is 0 Å². The number of nitrogens with zero attached hydrogens (tertiary/aromatic N) is 2. The Bertz CT molecular complexity index is 393. The highest BCUT2D eigenvalue weighted by atomic mass is 32.1. The van der Waals surface area contributed by atoms with Crippen molar-refractivity contribution in [2.24, 2.45) is 0 Å². The Morgan fingerprint density at radius 3 is 2.93 bits per heavy atom. The van der Waals surface area contributed by atoms with E-state index in [0.717, 1.165) is 17.8 Å². The summed E-state index contributed by atoms with van der Waals surface area (Å²) in [6, 6.07) is 9.65. The highest BCUT2D eigenvalue weighted by molar-refractivity contribution is 7.80. The number of hydrogen-bond donors (Lipinski definition) is 1. The quantitative estimate of drug-likeness (QED) is 0.621. The van der Waals surface area contributed by atoms with Crippen LogP contribution in [0.2, 0.25) is 0 Å². The Hall–Kier alpha value is -1.40. The van der Waals surface area contributed by atoms with E-state index in [1.807, 2.05) is 25.2 Å². The van der Waals surface area contributed by atoms with Gasteiger partial charge in [0.15, 0.2) is 0 Å². The average Bonchev–Trinajstić information content (AvgIpc) is 2.28. The fourth-order valence-corrected chi connectivity index (χ4v) is 1.39. The van der Waals surface area contributed by atoms with Crippen molar-refractivity contribution in [3.63, 3.8) is 0 Å². The molecule has 0 aliphatic carbocycles. The molecule has 15 heavy (non-hydrogen) atoms. The molecule has 0 aliphatic rings. The van der Waals surface area contributed by atoms with Crippen molar-refractivity contribution in [3.8, 4) is 6.07 Å². The second-order valence-electron chi connectivity index (χ2n) is 3.43. The number of likely N-dealkylation sites (N-methyl/N-ethyl adjacent to an activating group) is 1. The fourth-order valence-electron chi connectivity index (χ4n) is 1.29. The van der Waals surface area contributed by atoms with E-state index in [2.05, 4.69) is 30.2 Å². The number of nitriles is 1. The highest BCUT2D eigenvalue weighted by Gasteiger charge is 2.02. The lowest BCUT2D eigenvalue weighted by atomic mass is 10.2. The van der Waals surface area contributed by atoms with E-state index in [1.165, 1.54) is 0 Å². The molecule has 0 spiro atoms. The van der Waals surface area contributed by atoms with Gasteiger partial charge in [-0.3, -0.25) is 0 Å². The van der Waals surface area contributed by atoms with E-state index in [4.69, 9.17) is 5.26 Å². The maximum atomic E-state index is 8.77. The van der Waals surface area contributed by atoms with E-state index >= 15 is 0 Å². The van der Waals surface area contributed by atoms with Crippen LogP contribution in [-0.2, 0) is 0 Å². The first-order valence-electron chi connectivity index (χ1n) is 4.66. The molecule has 0 unspecified atom stereocenters. The number of hydrogen-bond acceptors (Lipinski definition) is 3. The minimum absolute atomic E-state index is 0.677. The average molecular weight is 218 g/mol. The molecule has 0 aliphatic heterocycles. The highest BCUT2D eigenvalue weighted by Crippen LogP contribution is 2.15. The maximum absolute atomic E-state index is 8.77. The first-order chi connectivity index (χ1) is 7.17. The van der Waals surface area contributed by atoms with Crippen molar-refractivity contribution in [2.45, 2.75) is 0 Å². The van der Waals surface area contributed by atoms with E-state index in [-0.39, 0.29) is 0 Å². The third-order valence-corrected chi connectivity index (χ3v) is 2.55. The normalized spacial score (nSPS) is 9.40. The zero-order chi connectivity index (χ0) is 11.3.